The van der Waals surface area contributed by atoms with Crippen LogP contribution in [-0.2, 0) is 9.53 Å². The molecule has 0 bridgehead atoms. The van der Waals surface area contributed by atoms with Gasteiger partial charge in [0.15, 0.2) is 0 Å². The van der Waals surface area contributed by atoms with Crippen LogP contribution in [0, 0.1) is 5.41 Å². The van der Waals surface area contributed by atoms with Crippen LogP contribution in [-0.4, -0.2) is 56.2 Å². The van der Waals surface area contributed by atoms with Crippen LogP contribution in [0.2, 0.25) is 0 Å². The third-order valence-corrected chi connectivity index (χ3v) is 4.48. The molecule has 0 aliphatic heterocycles. The van der Waals surface area contributed by atoms with E-state index in [0.29, 0.717) is 13.0 Å². The summed E-state index contributed by atoms with van der Waals surface area (Å²) in [5.41, 5.74) is 5.26. The zero-order valence-electron chi connectivity index (χ0n) is 13.0. The average molecular weight is 271 g/mol. The standard InChI is InChI=1S/C14H29N3O2/c1-6-19-11-10-14(15,13(11,2)3)12(18)17(5)9-7-8-16-4/h11,16H,6-10,15H2,1-5H3. The molecule has 2 unspecified atom stereocenters. The van der Waals surface area contributed by atoms with Crippen LogP contribution >= 0.6 is 0 Å². The van der Waals surface area contributed by atoms with Gasteiger partial charge in [0, 0.05) is 32.0 Å². The normalized spacial score (nSPS) is 28.8. The molecule has 1 rings (SSSR count). The van der Waals surface area contributed by atoms with Gasteiger partial charge in [-0.1, -0.05) is 13.8 Å². The fraction of sp³-hybridized carbons (Fsp3) is 0.929. The Labute approximate surface area is 116 Å². The zero-order valence-corrected chi connectivity index (χ0v) is 13.0. The van der Waals surface area contributed by atoms with Crippen LogP contribution in [0.1, 0.15) is 33.6 Å². The quantitative estimate of drug-likeness (QED) is 0.665. The first kappa shape index (κ1) is 16.4. The highest BCUT2D eigenvalue weighted by Gasteiger charge is 2.63. The molecule has 1 fully saturated rings. The summed E-state index contributed by atoms with van der Waals surface area (Å²) in [6.07, 6.45) is 1.63. The van der Waals surface area contributed by atoms with Gasteiger partial charge in [-0.15, -0.1) is 0 Å². The van der Waals surface area contributed by atoms with E-state index in [0.717, 1.165) is 19.5 Å². The van der Waals surface area contributed by atoms with Gasteiger partial charge in [0.2, 0.25) is 5.91 Å². The Morgan fingerprint density at radius 3 is 2.63 bits per heavy atom. The van der Waals surface area contributed by atoms with Crippen LogP contribution in [0.3, 0.4) is 0 Å². The highest BCUT2D eigenvalue weighted by molar-refractivity contribution is 5.88. The molecule has 0 saturated heterocycles. The number of hydrogen-bond acceptors (Lipinski definition) is 4. The van der Waals surface area contributed by atoms with Gasteiger partial charge in [0.25, 0.3) is 0 Å². The van der Waals surface area contributed by atoms with Crippen molar-refractivity contribution in [3.63, 3.8) is 0 Å². The lowest BCUT2D eigenvalue weighted by Gasteiger charge is -2.58. The molecule has 0 aromatic rings. The van der Waals surface area contributed by atoms with E-state index in [-0.39, 0.29) is 17.4 Å². The fourth-order valence-corrected chi connectivity index (χ4v) is 2.73. The van der Waals surface area contributed by atoms with Crippen molar-refractivity contribution in [2.24, 2.45) is 11.1 Å². The highest BCUT2D eigenvalue weighted by Crippen LogP contribution is 2.50. The van der Waals surface area contributed by atoms with Gasteiger partial charge in [-0.2, -0.15) is 0 Å². The lowest BCUT2D eigenvalue weighted by Crippen LogP contribution is -2.75. The van der Waals surface area contributed by atoms with E-state index >= 15 is 0 Å². The minimum atomic E-state index is -0.790. The van der Waals surface area contributed by atoms with E-state index < -0.39 is 5.54 Å². The van der Waals surface area contributed by atoms with Crippen LogP contribution in [0.15, 0.2) is 0 Å². The minimum absolute atomic E-state index is 0.0320. The number of hydrogen-bond donors (Lipinski definition) is 2. The topological polar surface area (TPSA) is 67.6 Å². The predicted octanol–water partition coefficient (Wildman–Crippen LogP) is 0.587. The van der Waals surface area contributed by atoms with E-state index in [1.165, 1.54) is 0 Å². The molecule has 0 aromatic carbocycles. The molecule has 112 valence electrons. The number of carbonyl (C=O) groups excluding carboxylic acids is 1. The second kappa shape index (κ2) is 6.20. The van der Waals surface area contributed by atoms with E-state index in [9.17, 15) is 4.79 Å². The number of rotatable bonds is 7. The molecule has 0 spiro atoms. The molecule has 1 saturated carbocycles. The number of likely N-dealkylation sites (N-methyl/N-ethyl adjacent to an activating group) is 1. The van der Waals surface area contributed by atoms with Gasteiger partial charge in [-0.05, 0) is 26.9 Å². The number of nitrogens with two attached hydrogens (primary N) is 1. The number of nitrogens with one attached hydrogen (secondary N) is 1. The van der Waals surface area contributed by atoms with Crippen LogP contribution in [0.4, 0.5) is 0 Å². The summed E-state index contributed by atoms with van der Waals surface area (Å²) in [6.45, 7) is 8.31. The van der Waals surface area contributed by atoms with E-state index in [4.69, 9.17) is 10.5 Å². The molecule has 0 heterocycles. The Bertz CT molecular complexity index is 320. The molecule has 5 heteroatoms. The second-order valence-corrected chi connectivity index (χ2v) is 6.02. The molecular weight excluding hydrogens is 242 g/mol. The minimum Gasteiger partial charge on any atom is -0.378 e. The molecule has 19 heavy (non-hydrogen) atoms. The first-order chi connectivity index (χ1) is 8.81. The Hall–Kier alpha value is -0.650. The maximum atomic E-state index is 12.5. The summed E-state index contributed by atoms with van der Waals surface area (Å²) in [4.78, 5) is 14.3. The zero-order chi connectivity index (χ0) is 14.7. The maximum Gasteiger partial charge on any atom is 0.243 e. The van der Waals surface area contributed by atoms with Crippen LogP contribution in [0.5, 0.6) is 0 Å². The first-order valence-electron chi connectivity index (χ1n) is 7.12. The molecule has 5 nitrogen and oxygen atoms in total. The molecule has 1 aliphatic rings. The number of carbonyl (C=O) groups is 1. The fourth-order valence-electron chi connectivity index (χ4n) is 2.73. The summed E-state index contributed by atoms with van der Waals surface area (Å²) >= 11 is 0. The Kier molecular flexibility index (Phi) is 5.35. The molecule has 0 aromatic heterocycles. The smallest absolute Gasteiger partial charge is 0.243 e. The summed E-state index contributed by atoms with van der Waals surface area (Å²) in [5, 5.41) is 3.08. The molecule has 0 radical (unpaired) electrons. The molecule has 1 aliphatic carbocycles. The Morgan fingerprint density at radius 2 is 2.16 bits per heavy atom. The van der Waals surface area contributed by atoms with Crippen molar-refractivity contribution in [3.05, 3.63) is 0 Å². The average Bonchev–Trinajstić information content (AvgIpc) is 2.37. The summed E-state index contributed by atoms with van der Waals surface area (Å²) in [6, 6.07) is 0. The van der Waals surface area contributed by atoms with Gasteiger partial charge in [-0.25, -0.2) is 0 Å². The summed E-state index contributed by atoms with van der Waals surface area (Å²) in [7, 11) is 3.74. The van der Waals surface area contributed by atoms with Crippen molar-refractivity contribution in [1.29, 1.82) is 0 Å². The molecule has 3 N–H and O–H groups in total. The maximum absolute atomic E-state index is 12.5. The van der Waals surface area contributed by atoms with Gasteiger partial charge in [-0.3, -0.25) is 4.79 Å². The monoisotopic (exact) mass is 271 g/mol. The second-order valence-electron chi connectivity index (χ2n) is 6.02. The summed E-state index contributed by atoms with van der Waals surface area (Å²) < 4.78 is 5.66. The van der Waals surface area contributed by atoms with Crippen LogP contribution in [0.25, 0.3) is 0 Å². The third-order valence-electron chi connectivity index (χ3n) is 4.48. The van der Waals surface area contributed by atoms with E-state index in [1.807, 2.05) is 34.9 Å². The van der Waals surface area contributed by atoms with Crippen molar-refractivity contribution in [2.45, 2.75) is 45.3 Å². The van der Waals surface area contributed by atoms with Crippen molar-refractivity contribution < 1.29 is 9.53 Å². The molecule has 2 atom stereocenters. The van der Waals surface area contributed by atoms with Crippen LogP contribution < -0.4 is 11.1 Å². The van der Waals surface area contributed by atoms with E-state index in [2.05, 4.69) is 5.32 Å². The molecule has 1 amide bonds. The largest absolute Gasteiger partial charge is 0.378 e. The third kappa shape index (κ3) is 2.93. The van der Waals surface area contributed by atoms with Gasteiger partial charge in [0.1, 0.15) is 5.54 Å². The number of ether oxygens (including phenoxy) is 1. The lowest BCUT2D eigenvalue weighted by atomic mass is 9.54. The van der Waals surface area contributed by atoms with Gasteiger partial charge in [0.05, 0.1) is 6.10 Å². The number of nitrogens with zero attached hydrogens (tertiary/aromatic N) is 1. The van der Waals surface area contributed by atoms with Crippen molar-refractivity contribution in [1.82, 2.24) is 10.2 Å². The van der Waals surface area contributed by atoms with Gasteiger partial charge >= 0.3 is 0 Å². The van der Waals surface area contributed by atoms with Gasteiger partial charge < -0.3 is 20.7 Å². The SMILES string of the molecule is CCOC1CC(N)(C(=O)N(C)CCCNC)C1(C)C. The van der Waals surface area contributed by atoms with E-state index in [1.54, 1.807) is 4.90 Å². The lowest BCUT2D eigenvalue weighted by molar-refractivity contribution is -0.178. The van der Waals surface area contributed by atoms with Crippen molar-refractivity contribution in [3.8, 4) is 0 Å². The van der Waals surface area contributed by atoms with Crippen molar-refractivity contribution >= 4 is 5.91 Å². The highest BCUT2D eigenvalue weighted by atomic mass is 16.5. The Morgan fingerprint density at radius 1 is 1.53 bits per heavy atom. The number of amides is 1. The Balaban J connectivity index is 2.61. The molecular formula is C14H29N3O2. The van der Waals surface area contributed by atoms with Crippen molar-refractivity contribution in [2.75, 3.05) is 33.8 Å². The first-order valence-corrected chi connectivity index (χ1v) is 7.12. The summed E-state index contributed by atoms with van der Waals surface area (Å²) in [5.74, 6) is 0.0320. The predicted molar refractivity (Wildman–Crippen MR) is 76.9 cm³/mol.